The van der Waals surface area contributed by atoms with Gasteiger partial charge in [0.15, 0.2) is 0 Å². The molecular formula is C24H27N3O. The van der Waals surface area contributed by atoms with Crippen LogP contribution in [-0.2, 0) is 0 Å². The molecule has 1 aliphatic rings. The zero-order valence-corrected chi connectivity index (χ0v) is 16.8. The van der Waals surface area contributed by atoms with E-state index < -0.39 is 0 Å². The number of aryl methyl sites for hydroxylation is 2. The van der Waals surface area contributed by atoms with Gasteiger partial charge >= 0.3 is 0 Å². The van der Waals surface area contributed by atoms with Gasteiger partial charge in [-0.15, -0.1) is 0 Å². The van der Waals surface area contributed by atoms with Gasteiger partial charge in [-0.05, 0) is 64.5 Å². The Hall–Kier alpha value is -2.72. The smallest absolute Gasteiger partial charge is 0.252 e. The van der Waals surface area contributed by atoms with Gasteiger partial charge in [0.05, 0.1) is 16.8 Å². The zero-order valence-electron chi connectivity index (χ0n) is 16.8. The van der Waals surface area contributed by atoms with Gasteiger partial charge in [-0.3, -0.25) is 4.79 Å². The average Bonchev–Trinajstić information content (AvgIpc) is 2.69. The molecule has 4 rings (SSSR count). The number of nitrogens with zero attached hydrogens (tertiary/aromatic N) is 2. The van der Waals surface area contributed by atoms with E-state index in [1.807, 2.05) is 30.3 Å². The third kappa shape index (κ3) is 3.78. The summed E-state index contributed by atoms with van der Waals surface area (Å²) in [6, 6.07) is 16.4. The summed E-state index contributed by atoms with van der Waals surface area (Å²) >= 11 is 0. The van der Waals surface area contributed by atoms with Gasteiger partial charge in [0.25, 0.3) is 5.91 Å². The summed E-state index contributed by atoms with van der Waals surface area (Å²) < 4.78 is 0. The Morgan fingerprint density at radius 1 is 1.07 bits per heavy atom. The number of benzene rings is 2. The minimum Gasteiger partial charge on any atom is -0.349 e. The van der Waals surface area contributed by atoms with Crippen LogP contribution in [0.4, 0.5) is 0 Å². The summed E-state index contributed by atoms with van der Waals surface area (Å²) in [6.45, 7) is 6.23. The third-order valence-corrected chi connectivity index (χ3v) is 5.67. The summed E-state index contributed by atoms with van der Waals surface area (Å²) in [5.41, 5.74) is 5.88. The molecule has 1 fully saturated rings. The van der Waals surface area contributed by atoms with Gasteiger partial charge in [0.1, 0.15) is 0 Å². The minimum absolute atomic E-state index is 0.000771. The molecule has 1 aliphatic heterocycles. The number of para-hydroxylation sites is 1. The number of fused-ring (bicyclic) bond motifs is 1. The van der Waals surface area contributed by atoms with Crippen LogP contribution in [0.15, 0.2) is 48.5 Å². The van der Waals surface area contributed by atoms with Crippen molar-refractivity contribution in [2.24, 2.45) is 0 Å². The lowest BCUT2D eigenvalue weighted by Crippen LogP contribution is -2.43. The van der Waals surface area contributed by atoms with Gasteiger partial charge in [-0.25, -0.2) is 4.98 Å². The molecule has 1 saturated heterocycles. The van der Waals surface area contributed by atoms with Crippen molar-refractivity contribution >= 4 is 16.8 Å². The van der Waals surface area contributed by atoms with Crippen molar-refractivity contribution in [1.82, 2.24) is 15.2 Å². The molecule has 144 valence electrons. The number of nitrogens with one attached hydrogen (secondary N) is 1. The highest BCUT2D eigenvalue weighted by atomic mass is 16.1. The average molecular weight is 374 g/mol. The summed E-state index contributed by atoms with van der Waals surface area (Å²) in [7, 11) is 2.13. The molecule has 1 N–H and O–H groups in total. The molecule has 1 amide bonds. The number of amides is 1. The van der Waals surface area contributed by atoms with Crippen LogP contribution in [0.2, 0.25) is 0 Å². The predicted octanol–water partition coefficient (Wildman–Crippen LogP) is 4.34. The topological polar surface area (TPSA) is 45.2 Å². The SMILES string of the molecule is Cc1ccc(-c2cc(C(=O)NC3CCN(C)CC3)c3ccccc3n2)c(C)c1. The molecule has 0 aliphatic carbocycles. The van der Waals surface area contributed by atoms with E-state index in [9.17, 15) is 4.79 Å². The normalized spacial score (nSPS) is 15.7. The number of aromatic nitrogens is 1. The Balaban J connectivity index is 1.73. The number of hydrogen-bond acceptors (Lipinski definition) is 3. The molecule has 28 heavy (non-hydrogen) atoms. The van der Waals surface area contributed by atoms with Crippen LogP contribution >= 0.6 is 0 Å². The molecule has 0 atom stereocenters. The van der Waals surface area contributed by atoms with E-state index in [1.54, 1.807) is 0 Å². The Labute approximate surface area is 166 Å². The van der Waals surface area contributed by atoms with Crippen LogP contribution in [0.5, 0.6) is 0 Å². The maximum atomic E-state index is 13.2. The van der Waals surface area contributed by atoms with Gasteiger partial charge in [-0.2, -0.15) is 0 Å². The quantitative estimate of drug-likeness (QED) is 0.743. The summed E-state index contributed by atoms with van der Waals surface area (Å²) in [4.78, 5) is 20.3. The largest absolute Gasteiger partial charge is 0.349 e. The van der Waals surface area contributed by atoms with E-state index in [4.69, 9.17) is 4.98 Å². The van der Waals surface area contributed by atoms with Crippen molar-refractivity contribution in [2.45, 2.75) is 32.7 Å². The first-order valence-corrected chi connectivity index (χ1v) is 9.98. The van der Waals surface area contributed by atoms with Crippen molar-refractivity contribution in [3.63, 3.8) is 0 Å². The van der Waals surface area contributed by atoms with E-state index in [1.165, 1.54) is 11.1 Å². The fourth-order valence-corrected chi connectivity index (χ4v) is 4.02. The zero-order chi connectivity index (χ0) is 19.7. The standard InChI is InChI=1S/C24H27N3O/c1-16-8-9-19(17(2)14-16)23-15-21(20-6-4-5-7-22(20)26-23)24(28)25-18-10-12-27(3)13-11-18/h4-9,14-15,18H,10-13H2,1-3H3,(H,25,28). The second kappa shape index (κ2) is 7.72. The van der Waals surface area contributed by atoms with Crippen LogP contribution in [0, 0.1) is 13.8 Å². The van der Waals surface area contributed by atoms with E-state index in [2.05, 4.69) is 49.3 Å². The fourth-order valence-electron chi connectivity index (χ4n) is 4.02. The molecule has 4 nitrogen and oxygen atoms in total. The number of carbonyl (C=O) groups is 1. The van der Waals surface area contributed by atoms with Gasteiger partial charge in [-0.1, -0.05) is 42.0 Å². The van der Waals surface area contributed by atoms with Crippen LogP contribution in [0.3, 0.4) is 0 Å². The molecule has 1 aromatic heterocycles. The van der Waals surface area contributed by atoms with Crippen LogP contribution in [0.1, 0.15) is 34.3 Å². The molecule has 2 aromatic carbocycles. The number of likely N-dealkylation sites (tertiary alicyclic amines) is 1. The van der Waals surface area contributed by atoms with E-state index in [0.717, 1.165) is 48.1 Å². The van der Waals surface area contributed by atoms with Crippen LogP contribution < -0.4 is 5.32 Å². The first-order chi connectivity index (χ1) is 13.5. The monoisotopic (exact) mass is 373 g/mol. The van der Waals surface area contributed by atoms with Crippen molar-refractivity contribution in [3.05, 3.63) is 65.2 Å². The van der Waals surface area contributed by atoms with Gasteiger partial charge < -0.3 is 10.2 Å². The summed E-state index contributed by atoms with van der Waals surface area (Å²) in [5, 5.41) is 4.16. The van der Waals surface area contributed by atoms with Gasteiger partial charge in [0.2, 0.25) is 0 Å². The molecule has 4 heteroatoms. The lowest BCUT2D eigenvalue weighted by Gasteiger charge is -2.29. The molecule has 3 aromatic rings. The number of rotatable bonds is 3. The first kappa shape index (κ1) is 18.6. The first-order valence-electron chi connectivity index (χ1n) is 9.98. The molecule has 2 heterocycles. The highest BCUT2D eigenvalue weighted by molar-refractivity contribution is 6.07. The number of hydrogen-bond donors (Lipinski definition) is 1. The second-order valence-corrected chi connectivity index (χ2v) is 7.94. The van der Waals surface area contributed by atoms with E-state index in [0.29, 0.717) is 5.56 Å². The highest BCUT2D eigenvalue weighted by Gasteiger charge is 2.21. The molecule has 0 unspecified atom stereocenters. The van der Waals surface area contributed by atoms with Gasteiger partial charge in [0, 0.05) is 17.0 Å². The molecule has 0 bridgehead atoms. The summed E-state index contributed by atoms with van der Waals surface area (Å²) in [5.74, 6) is -0.000771. The number of piperidine rings is 1. The molecule has 0 saturated carbocycles. The Kier molecular flexibility index (Phi) is 5.14. The maximum Gasteiger partial charge on any atom is 0.252 e. The maximum absolute atomic E-state index is 13.2. The fraction of sp³-hybridized carbons (Fsp3) is 0.333. The van der Waals surface area contributed by atoms with Crippen molar-refractivity contribution < 1.29 is 4.79 Å². The molecule has 0 radical (unpaired) electrons. The Morgan fingerprint density at radius 3 is 2.57 bits per heavy atom. The predicted molar refractivity (Wildman–Crippen MR) is 115 cm³/mol. The van der Waals surface area contributed by atoms with Crippen LogP contribution in [-0.4, -0.2) is 42.0 Å². The van der Waals surface area contributed by atoms with Crippen molar-refractivity contribution in [3.8, 4) is 11.3 Å². The van der Waals surface area contributed by atoms with Crippen LogP contribution in [0.25, 0.3) is 22.2 Å². The number of carbonyl (C=O) groups excluding carboxylic acids is 1. The molecular weight excluding hydrogens is 346 g/mol. The highest BCUT2D eigenvalue weighted by Crippen LogP contribution is 2.28. The Morgan fingerprint density at radius 2 is 1.82 bits per heavy atom. The number of pyridine rings is 1. The minimum atomic E-state index is -0.000771. The van der Waals surface area contributed by atoms with Crippen molar-refractivity contribution in [2.75, 3.05) is 20.1 Å². The van der Waals surface area contributed by atoms with E-state index in [-0.39, 0.29) is 11.9 Å². The summed E-state index contributed by atoms with van der Waals surface area (Å²) in [6.07, 6.45) is 1.99. The van der Waals surface area contributed by atoms with E-state index >= 15 is 0 Å². The second-order valence-electron chi connectivity index (χ2n) is 7.94. The lowest BCUT2D eigenvalue weighted by atomic mass is 9.98. The molecule has 0 spiro atoms. The lowest BCUT2D eigenvalue weighted by molar-refractivity contribution is 0.0918. The third-order valence-electron chi connectivity index (χ3n) is 5.67. The van der Waals surface area contributed by atoms with Crippen molar-refractivity contribution in [1.29, 1.82) is 0 Å². The Bertz CT molecular complexity index is 1020.